The Kier molecular flexibility index (Phi) is 19.6. The number of rotatable bonds is 24. The van der Waals surface area contributed by atoms with Crippen molar-refractivity contribution < 1.29 is 62.2 Å². The Labute approximate surface area is 315 Å². The van der Waals surface area contributed by atoms with E-state index in [1.54, 1.807) is 0 Å². The molecule has 0 aromatic rings. The number of carbonyl (C=O) groups is 11. The number of methoxy groups -OCH3 is 2. The highest BCUT2D eigenvalue weighted by Gasteiger charge is 2.27. The summed E-state index contributed by atoms with van der Waals surface area (Å²) in [7, 11) is 2.31. The van der Waals surface area contributed by atoms with Gasteiger partial charge in [-0.1, -0.05) is 0 Å². The lowest BCUT2D eigenvalue weighted by Gasteiger charge is -2.23. The summed E-state index contributed by atoms with van der Waals surface area (Å²) >= 11 is 0. The number of nitrogens with zero attached hydrogens (tertiary/aromatic N) is 2. The molecule has 0 fully saturated rings. The van der Waals surface area contributed by atoms with E-state index in [1.165, 1.54) is 7.11 Å². The zero-order valence-corrected chi connectivity index (χ0v) is 30.6. The Hall–Kier alpha value is -6.35. The molecular formula is C33H47N9O13. The van der Waals surface area contributed by atoms with Crippen LogP contribution in [0, 0.1) is 0 Å². The van der Waals surface area contributed by atoms with E-state index in [2.05, 4.69) is 46.7 Å². The van der Waals surface area contributed by atoms with Gasteiger partial charge < -0.3 is 46.7 Å². The molecule has 0 aromatic carbocycles. The topological polar surface area (TPSA) is 297 Å². The van der Waals surface area contributed by atoms with Crippen LogP contribution in [0.2, 0.25) is 0 Å². The minimum Gasteiger partial charge on any atom is -0.453 e. The van der Waals surface area contributed by atoms with Crippen molar-refractivity contribution in [3.05, 3.63) is 24.3 Å². The van der Waals surface area contributed by atoms with Crippen LogP contribution in [-0.2, 0) is 52.6 Å². The van der Waals surface area contributed by atoms with Gasteiger partial charge in [-0.2, -0.15) is 0 Å². The van der Waals surface area contributed by atoms with Crippen molar-refractivity contribution in [3.8, 4) is 0 Å². The zero-order valence-electron chi connectivity index (χ0n) is 30.6. The van der Waals surface area contributed by atoms with Gasteiger partial charge >= 0.3 is 12.2 Å². The highest BCUT2D eigenvalue weighted by molar-refractivity contribution is 6.13. The third-order valence-electron chi connectivity index (χ3n) is 7.84. The second-order valence-electron chi connectivity index (χ2n) is 11.9. The van der Waals surface area contributed by atoms with Gasteiger partial charge in [0.1, 0.15) is 6.04 Å². The number of ether oxygens (including phenoxy) is 2. The van der Waals surface area contributed by atoms with Crippen LogP contribution in [0.5, 0.6) is 0 Å². The van der Waals surface area contributed by atoms with E-state index < -0.39 is 90.3 Å². The maximum Gasteiger partial charge on any atom is 0.407 e. The number of alkyl carbamates (subject to hydrolysis) is 2. The number of imide groups is 2. The normalized spacial score (nSPS) is 13.7. The van der Waals surface area contributed by atoms with Crippen LogP contribution in [0.3, 0.4) is 0 Å². The lowest BCUT2D eigenvalue weighted by Crippen LogP contribution is -2.51. The number of unbranched alkanes of at least 4 members (excludes halogenated alkanes) is 1. The quantitative estimate of drug-likeness (QED) is 0.0372. The van der Waals surface area contributed by atoms with Crippen LogP contribution in [0.1, 0.15) is 44.9 Å². The first-order chi connectivity index (χ1) is 26.2. The van der Waals surface area contributed by atoms with Crippen LogP contribution in [0.15, 0.2) is 24.3 Å². The maximum absolute atomic E-state index is 13.3. The maximum atomic E-state index is 13.3. The van der Waals surface area contributed by atoms with Gasteiger partial charge in [0.25, 0.3) is 23.6 Å². The van der Waals surface area contributed by atoms with Gasteiger partial charge in [-0.05, 0) is 19.3 Å². The molecule has 0 spiro atoms. The van der Waals surface area contributed by atoms with Crippen molar-refractivity contribution in [1.29, 1.82) is 0 Å². The molecule has 0 aliphatic carbocycles. The summed E-state index contributed by atoms with van der Waals surface area (Å²) < 4.78 is 9.12. The van der Waals surface area contributed by atoms with E-state index in [4.69, 9.17) is 0 Å². The Morgan fingerprint density at radius 2 is 0.964 bits per heavy atom. The van der Waals surface area contributed by atoms with Gasteiger partial charge in [0.2, 0.25) is 29.5 Å². The number of nitrogens with one attached hydrogen (secondary N) is 7. The van der Waals surface area contributed by atoms with E-state index in [0.717, 1.165) is 41.2 Å². The molecule has 2 aliphatic rings. The second-order valence-corrected chi connectivity index (χ2v) is 11.9. The minimum atomic E-state index is -1.14. The van der Waals surface area contributed by atoms with Crippen LogP contribution in [0.4, 0.5) is 9.59 Å². The minimum absolute atomic E-state index is 0.00849. The van der Waals surface area contributed by atoms with Crippen molar-refractivity contribution in [3.63, 3.8) is 0 Å². The molecular weight excluding hydrogens is 730 g/mol. The van der Waals surface area contributed by atoms with Crippen molar-refractivity contribution in [1.82, 2.24) is 47.0 Å². The molecule has 2 aliphatic heterocycles. The molecule has 1 atom stereocenters. The molecule has 0 bridgehead atoms. The third kappa shape index (κ3) is 17.4. The molecule has 1 unspecified atom stereocenters. The smallest absolute Gasteiger partial charge is 0.407 e. The van der Waals surface area contributed by atoms with Gasteiger partial charge in [0.15, 0.2) is 0 Å². The molecule has 2 rings (SSSR count). The summed E-state index contributed by atoms with van der Waals surface area (Å²) in [5.74, 6) is -4.96. The molecule has 55 heavy (non-hydrogen) atoms. The zero-order chi connectivity index (χ0) is 40.8. The summed E-state index contributed by atoms with van der Waals surface area (Å²) in [5, 5.41) is 17.7. The average molecular weight is 778 g/mol. The van der Waals surface area contributed by atoms with Crippen molar-refractivity contribution in [2.45, 2.75) is 57.0 Å². The first kappa shape index (κ1) is 44.8. The largest absolute Gasteiger partial charge is 0.453 e. The molecule has 0 saturated carbocycles. The van der Waals surface area contributed by atoms with E-state index >= 15 is 0 Å². The summed E-state index contributed by atoms with van der Waals surface area (Å²) in [6.45, 7) is -0.0950. The molecule has 0 saturated heterocycles. The van der Waals surface area contributed by atoms with Crippen molar-refractivity contribution in [2.24, 2.45) is 0 Å². The molecule has 11 amide bonds. The standard InChI is InChI=1S/C33H47N9O13/c1-54-32(52)38-12-4-3-5-22(40-33(53)55-2)31(51)39-21(19-25(45)36-15-13-34-23(43)10-17-41-27(47)6-7-28(41)48)20-26(46)37-16-14-35-24(44)11-18-42-29(49)8-9-30(42)50/h6-9,21-22H,3-5,10-20H2,1-2H3,(H,34,43)(H,35,44)(H,36,45)(H,37,46)(H,38,52)(H,39,51)(H,40,53). The predicted molar refractivity (Wildman–Crippen MR) is 188 cm³/mol. The molecule has 302 valence electrons. The summed E-state index contributed by atoms with van der Waals surface area (Å²) in [6.07, 6.45) is 2.65. The van der Waals surface area contributed by atoms with E-state index in [9.17, 15) is 52.7 Å². The fourth-order valence-corrected chi connectivity index (χ4v) is 4.99. The Morgan fingerprint density at radius 3 is 1.38 bits per heavy atom. The predicted octanol–water partition coefficient (Wildman–Crippen LogP) is -3.40. The highest BCUT2D eigenvalue weighted by Crippen LogP contribution is 2.07. The second kappa shape index (κ2) is 24.1. The number of carbonyl (C=O) groups excluding carboxylic acids is 11. The summed E-state index contributed by atoms with van der Waals surface area (Å²) in [6, 6.07) is -2.23. The van der Waals surface area contributed by atoms with Gasteiger partial charge in [0, 0.05) is 102 Å². The monoisotopic (exact) mass is 777 g/mol. The third-order valence-corrected chi connectivity index (χ3v) is 7.84. The van der Waals surface area contributed by atoms with Crippen LogP contribution < -0.4 is 37.2 Å². The van der Waals surface area contributed by atoms with Crippen molar-refractivity contribution in [2.75, 3.05) is 60.0 Å². The Morgan fingerprint density at radius 1 is 0.545 bits per heavy atom. The molecule has 0 radical (unpaired) electrons. The fourth-order valence-electron chi connectivity index (χ4n) is 4.99. The summed E-state index contributed by atoms with van der Waals surface area (Å²) in [4.78, 5) is 135. The van der Waals surface area contributed by atoms with E-state index in [1.807, 2.05) is 0 Å². The van der Waals surface area contributed by atoms with E-state index in [-0.39, 0.29) is 65.1 Å². The van der Waals surface area contributed by atoms with Crippen LogP contribution >= 0.6 is 0 Å². The summed E-state index contributed by atoms with van der Waals surface area (Å²) in [5.41, 5.74) is 0. The molecule has 2 heterocycles. The lowest BCUT2D eigenvalue weighted by atomic mass is 10.1. The van der Waals surface area contributed by atoms with Crippen LogP contribution in [-0.4, -0.2) is 147 Å². The fraction of sp³-hybridized carbons (Fsp3) is 0.545. The van der Waals surface area contributed by atoms with E-state index in [0.29, 0.717) is 12.8 Å². The number of hydrogen-bond donors (Lipinski definition) is 7. The first-order valence-corrected chi connectivity index (χ1v) is 17.3. The van der Waals surface area contributed by atoms with Crippen molar-refractivity contribution >= 4 is 65.4 Å². The van der Waals surface area contributed by atoms with Gasteiger partial charge in [0.05, 0.1) is 14.2 Å². The van der Waals surface area contributed by atoms with Gasteiger partial charge in [-0.3, -0.25) is 53.0 Å². The molecule has 7 N–H and O–H groups in total. The Bertz CT molecular complexity index is 1420. The average Bonchev–Trinajstić information content (AvgIpc) is 3.65. The number of amides is 11. The lowest BCUT2D eigenvalue weighted by molar-refractivity contribution is -0.139. The van der Waals surface area contributed by atoms with Gasteiger partial charge in [-0.15, -0.1) is 0 Å². The van der Waals surface area contributed by atoms with Crippen LogP contribution in [0.25, 0.3) is 0 Å². The van der Waals surface area contributed by atoms with Gasteiger partial charge in [-0.25, -0.2) is 9.59 Å². The first-order valence-electron chi connectivity index (χ1n) is 17.3. The number of hydrogen-bond acceptors (Lipinski definition) is 13. The molecule has 22 heteroatoms. The Balaban J connectivity index is 1.91. The SMILES string of the molecule is COC(=O)NCCCCC(NC(=O)OC)C(=O)NC(CC(=O)NCCNC(=O)CCN1C(=O)C=CC1=O)CC(=O)NCCNC(=O)CCN1C(=O)C=CC1=O. The molecule has 22 nitrogen and oxygen atoms in total. The molecule has 0 aromatic heterocycles. The highest BCUT2D eigenvalue weighted by atomic mass is 16.5.